The second-order valence-electron chi connectivity index (χ2n) is 4.61. The first-order valence-electron chi connectivity index (χ1n) is 6.25. The quantitative estimate of drug-likeness (QED) is 0.806. The average Bonchev–Trinajstić information content (AvgIpc) is 2.94. The molecule has 0 aromatic carbocycles. The molecule has 1 aliphatic rings. The van der Waals surface area contributed by atoms with Crippen LogP contribution < -0.4 is 5.32 Å². The molecule has 0 radical (unpaired) electrons. The zero-order valence-electron chi connectivity index (χ0n) is 9.91. The highest BCUT2D eigenvalue weighted by Gasteiger charge is 2.25. The molecule has 1 saturated carbocycles. The molecular formula is C13H21NO2. The molecule has 3 nitrogen and oxygen atoms in total. The first-order valence-corrected chi connectivity index (χ1v) is 6.25. The maximum atomic E-state index is 8.90. The van der Waals surface area contributed by atoms with E-state index in [0.717, 1.165) is 18.2 Å². The summed E-state index contributed by atoms with van der Waals surface area (Å²) in [5.41, 5.74) is 0. The zero-order valence-corrected chi connectivity index (χ0v) is 9.91. The zero-order chi connectivity index (χ0) is 11.4. The Morgan fingerprint density at radius 2 is 2.19 bits per heavy atom. The summed E-state index contributed by atoms with van der Waals surface area (Å²) < 4.78 is 5.45. The second-order valence-corrected chi connectivity index (χ2v) is 4.61. The summed E-state index contributed by atoms with van der Waals surface area (Å²) >= 11 is 0. The lowest BCUT2D eigenvalue weighted by molar-refractivity contribution is 0.241. The van der Waals surface area contributed by atoms with Crippen LogP contribution >= 0.6 is 0 Å². The molecule has 2 rings (SSSR count). The minimum atomic E-state index is -0.0129. The summed E-state index contributed by atoms with van der Waals surface area (Å²) in [6.45, 7) is 3.03. The second kappa shape index (κ2) is 5.51. The molecule has 2 unspecified atom stereocenters. The molecule has 1 aliphatic carbocycles. The van der Waals surface area contributed by atoms with Crippen LogP contribution in [0.1, 0.15) is 44.1 Å². The van der Waals surface area contributed by atoms with E-state index in [2.05, 4.69) is 12.2 Å². The van der Waals surface area contributed by atoms with Crippen LogP contribution in [-0.4, -0.2) is 11.1 Å². The van der Waals surface area contributed by atoms with E-state index in [4.69, 9.17) is 9.52 Å². The predicted molar refractivity (Wildman–Crippen MR) is 62.9 cm³/mol. The Labute approximate surface area is 96.8 Å². The van der Waals surface area contributed by atoms with Crippen molar-refractivity contribution in [2.45, 2.75) is 51.8 Å². The lowest BCUT2D eigenvalue weighted by Crippen LogP contribution is -2.31. The van der Waals surface area contributed by atoms with E-state index >= 15 is 0 Å². The normalized spacial score (nSPS) is 25.1. The van der Waals surface area contributed by atoms with Gasteiger partial charge in [0.2, 0.25) is 0 Å². The van der Waals surface area contributed by atoms with E-state index in [1.165, 1.54) is 25.7 Å². The van der Waals surface area contributed by atoms with E-state index in [0.29, 0.717) is 11.8 Å². The summed E-state index contributed by atoms with van der Waals surface area (Å²) in [6, 6.07) is 4.42. The molecule has 0 bridgehead atoms. The predicted octanol–water partition coefficient (Wildman–Crippen LogP) is 2.44. The molecule has 3 heteroatoms. The van der Waals surface area contributed by atoms with Gasteiger partial charge in [0.15, 0.2) is 0 Å². The lowest BCUT2D eigenvalue weighted by Gasteiger charge is -2.18. The SMILES string of the molecule is CCC1CCCC1NCc1ccc(CO)o1. The van der Waals surface area contributed by atoms with Gasteiger partial charge in [0.25, 0.3) is 0 Å². The molecule has 1 fully saturated rings. The highest BCUT2D eigenvalue weighted by atomic mass is 16.4. The maximum Gasteiger partial charge on any atom is 0.129 e. The first-order chi connectivity index (χ1) is 7.83. The third-order valence-corrected chi connectivity index (χ3v) is 3.60. The van der Waals surface area contributed by atoms with E-state index < -0.39 is 0 Å². The first kappa shape index (κ1) is 11.7. The minimum Gasteiger partial charge on any atom is -0.462 e. The van der Waals surface area contributed by atoms with Gasteiger partial charge >= 0.3 is 0 Å². The number of aliphatic hydroxyl groups is 1. The molecule has 90 valence electrons. The van der Waals surface area contributed by atoms with Crippen molar-refractivity contribution < 1.29 is 9.52 Å². The van der Waals surface area contributed by atoms with Crippen LogP contribution in [0.15, 0.2) is 16.5 Å². The Hall–Kier alpha value is -0.800. The van der Waals surface area contributed by atoms with Gasteiger partial charge in [-0.05, 0) is 30.9 Å². The number of hydrogen-bond acceptors (Lipinski definition) is 3. The minimum absolute atomic E-state index is 0.0129. The Kier molecular flexibility index (Phi) is 4.02. The highest BCUT2D eigenvalue weighted by molar-refractivity contribution is 5.06. The van der Waals surface area contributed by atoms with Crippen LogP contribution in [0.4, 0.5) is 0 Å². The monoisotopic (exact) mass is 223 g/mol. The van der Waals surface area contributed by atoms with Crippen molar-refractivity contribution in [2.75, 3.05) is 0 Å². The summed E-state index contributed by atoms with van der Waals surface area (Å²) in [7, 11) is 0. The molecule has 0 aliphatic heterocycles. The highest BCUT2D eigenvalue weighted by Crippen LogP contribution is 2.28. The number of nitrogens with one attached hydrogen (secondary N) is 1. The van der Waals surface area contributed by atoms with E-state index in [1.54, 1.807) is 0 Å². The molecular weight excluding hydrogens is 202 g/mol. The number of aliphatic hydroxyl groups excluding tert-OH is 1. The van der Waals surface area contributed by atoms with E-state index in [1.807, 2.05) is 12.1 Å². The molecule has 1 heterocycles. The van der Waals surface area contributed by atoms with Gasteiger partial charge in [0.05, 0.1) is 6.54 Å². The van der Waals surface area contributed by atoms with Crippen molar-refractivity contribution in [3.63, 3.8) is 0 Å². The van der Waals surface area contributed by atoms with Crippen LogP contribution in [0.25, 0.3) is 0 Å². The molecule has 2 atom stereocenters. The van der Waals surface area contributed by atoms with Crippen LogP contribution in [-0.2, 0) is 13.2 Å². The molecule has 0 spiro atoms. The van der Waals surface area contributed by atoms with Gasteiger partial charge in [-0.15, -0.1) is 0 Å². The number of rotatable bonds is 5. The van der Waals surface area contributed by atoms with Gasteiger partial charge in [0, 0.05) is 6.04 Å². The van der Waals surface area contributed by atoms with Gasteiger partial charge in [-0.2, -0.15) is 0 Å². The van der Waals surface area contributed by atoms with Gasteiger partial charge < -0.3 is 14.8 Å². The average molecular weight is 223 g/mol. The van der Waals surface area contributed by atoms with Crippen molar-refractivity contribution in [3.8, 4) is 0 Å². The fourth-order valence-electron chi connectivity index (χ4n) is 2.63. The number of furan rings is 1. The fraction of sp³-hybridized carbons (Fsp3) is 0.692. The summed E-state index contributed by atoms with van der Waals surface area (Å²) in [6.07, 6.45) is 5.24. The Morgan fingerprint density at radius 1 is 1.38 bits per heavy atom. The molecule has 1 aromatic rings. The van der Waals surface area contributed by atoms with Crippen LogP contribution in [0.5, 0.6) is 0 Å². The topological polar surface area (TPSA) is 45.4 Å². The van der Waals surface area contributed by atoms with Crippen molar-refractivity contribution in [1.29, 1.82) is 0 Å². The molecule has 0 amide bonds. The smallest absolute Gasteiger partial charge is 0.129 e. The molecule has 0 saturated heterocycles. The lowest BCUT2D eigenvalue weighted by atomic mass is 10.0. The van der Waals surface area contributed by atoms with Gasteiger partial charge in [-0.1, -0.05) is 19.8 Å². The van der Waals surface area contributed by atoms with Crippen molar-refractivity contribution >= 4 is 0 Å². The summed E-state index contributed by atoms with van der Waals surface area (Å²) in [5.74, 6) is 2.40. The van der Waals surface area contributed by atoms with Crippen LogP contribution in [0.3, 0.4) is 0 Å². The Morgan fingerprint density at radius 3 is 2.88 bits per heavy atom. The van der Waals surface area contributed by atoms with Gasteiger partial charge in [-0.25, -0.2) is 0 Å². The van der Waals surface area contributed by atoms with Crippen molar-refractivity contribution in [1.82, 2.24) is 5.32 Å². The van der Waals surface area contributed by atoms with Crippen LogP contribution in [0.2, 0.25) is 0 Å². The Bertz CT molecular complexity index is 321. The van der Waals surface area contributed by atoms with Crippen molar-refractivity contribution in [2.24, 2.45) is 5.92 Å². The molecule has 2 N–H and O–H groups in total. The summed E-state index contributed by atoms with van der Waals surface area (Å²) in [4.78, 5) is 0. The molecule has 16 heavy (non-hydrogen) atoms. The van der Waals surface area contributed by atoms with Gasteiger partial charge in [0.1, 0.15) is 18.1 Å². The van der Waals surface area contributed by atoms with Gasteiger partial charge in [-0.3, -0.25) is 0 Å². The molecule has 1 aromatic heterocycles. The maximum absolute atomic E-state index is 8.90. The standard InChI is InChI=1S/C13H21NO2/c1-2-10-4-3-5-13(10)14-8-11-6-7-12(9-15)16-11/h6-7,10,13-15H,2-5,8-9H2,1H3. The number of hydrogen-bond donors (Lipinski definition) is 2. The third-order valence-electron chi connectivity index (χ3n) is 3.60. The summed E-state index contributed by atoms with van der Waals surface area (Å²) in [5, 5.41) is 12.5. The fourth-order valence-corrected chi connectivity index (χ4v) is 2.63. The largest absolute Gasteiger partial charge is 0.462 e. The third kappa shape index (κ3) is 2.66. The van der Waals surface area contributed by atoms with E-state index in [-0.39, 0.29) is 6.61 Å². The van der Waals surface area contributed by atoms with Crippen LogP contribution in [0, 0.1) is 5.92 Å². The van der Waals surface area contributed by atoms with E-state index in [9.17, 15) is 0 Å². The van der Waals surface area contributed by atoms with Crippen molar-refractivity contribution in [3.05, 3.63) is 23.7 Å². The Balaban J connectivity index is 1.82.